The van der Waals surface area contributed by atoms with Crippen LogP contribution in [0.2, 0.25) is 0 Å². The molecule has 2 amide bonds. The number of para-hydroxylation sites is 1. The monoisotopic (exact) mass is 472 g/mol. The lowest BCUT2D eigenvalue weighted by Crippen LogP contribution is -2.22. The summed E-state index contributed by atoms with van der Waals surface area (Å²) < 4.78 is 7.06. The molecule has 0 fully saturated rings. The van der Waals surface area contributed by atoms with Crippen molar-refractivity contribution >= 4 is 60.0 Å². The summed E-state index contributed by atoms with van der Waals surface area (Å²) in [6, 6.07) is 5.51. The molecule has 5 nitrogen and oxygen atoms in total. The number of rotatable bonds is 5. The molecule has 2 aromatic rings. The molecule has 1 aromatic heterocycles. The van der Waals surface area contributed by atoms with Crippen LogP contribution < -0.4 is 15.8 Å². The van der Waals surface area contributed by atoms with Crippen molar-refractivity contribution in [1.82, 2.24) is 0 Å². The highest BCUT2D eigenvalue weighted by atomic mass is 79.9. The number of nitrogens with one attached hydrogen (secondary N) is 1. The fraction of sp³-hybridized carbons (Fsp3) is 0.250. The van der Waals surface area contributed by atoms with Gasteiger partial charge in [0.25, 0.3) is 11.8 Å². The van der Waals surface area contributed by atoms with E-state index in [9.17, 15) is 9.59 Å². The number of hydrogen-bond acceptors (Lipinski definition) is 4. The number of fused-ring (bicyclic) bond motifs is 1. The van der Waals surface area contributed by atoms with E-state index in [1.807, 2.05) is 18.2 Å². The van der Waals surface area contributed by atoms with Crippen LogP contribution in [0.1, 0.15) is 27.2 Å². The summed E-state index contributed by atoms with van der Waals surface area (Å²) >= 11 is 8.18. The van der Waals surface area contributed by atoms with Gasteiger partial charge in [-0.1, -0.05) is 6.07 Å². The number of amides is 2. The zero-order valence-electron chi connectivity index (χ0n) is 12.5. The Balaban J connectivity index is 1.71. The smallest absolute Gasteiger partial charge is 0.262 e. The first-order valence-electron chi connectivity index (χ1n) is 7.28. The zero-order chi connectivity index (χ0) is 17.3. The summed E-state index contributed by atoms with van der Waals surface area (Å²) in [4.78, 5) is 25.1. The molecule has 0 spiro atoms. The summed E-state index contributed by atoms with van der Waals surface area (Å²) in [7, 11) is 0. The summed E-state index contributed by atoms with van der Waals surface area (Å²) in [5, 5.41) is 3.27. The summed E-state index contributed by atoms with van der Waals surface area (Å²) in [5.74, 6) is -0.282. The molecule has 1 heterocycles. The maximum absolute atomic E-state index is 12.2. The lowest BCUT2D eigenvalue weighted by Gasteiger charge is -2.10. The van der Waals surface area contributed by atoms with Gasteiger partial charge in [0.2, 0.25) is 0 Å². The average Bonchev–Trinajstić information content (AvgIpc) is 3.06. The number of nitrogens with two attached hydrogens (primary N) is 1. The predicted octanol–water partition coefficient (Wildman–Crippen LogP) is 3.88. The minimum atomic E-state index is -0.501. The van der Waals surface area contributed by atoms with Crippen molar-refractivity contribution in [2.45, 2.75) is 19.3 Å². The fourth-order valence-electron chi connectivity index (χ4n) is 2.67. The number of thiophene rings is 1. The van der Waals surface area contributed by atoms with Gasteiger partial charge in [0, 0.05) is 4.88 Å². The average molecular weight is 474 g/mol. The Morgan fingerprint density at radius 3 is 2.62 bits per heavy atom. The van der Waals surface area contributed by atoms with Crippen LogP contribution in [0.3, 0.4) is 0 Å². The van der Waals surface area contributed by atoms with Crippen molar-refractivity contribution in [3.8, 4) is 5.75 Å². The number of hydrogen-bond donors (Lipinski definition) is 2. The lowest BCUT2D eigenvalue weighted by molar-refractivity contribution is -0.118. The van der Waals surface area contributed by atoms with E-state index in [1.54, 1.807) is 0 Å². The Morgan fingerprint density at radius 1 is 1.25 bits per heavy atom. The number of carbonyl (C=O) groups excluding carboxylic acids is 2. The predicted molar refractivity (Wildman–Crippen MR) is 101 cm³/mol. The summed E-state index contributed by atoms with van der Waals surface area (Å²) in [5.41, 5.74) is 6.92. The van der Waals surface area contributed by atoms with E-state index in [2.05, 4.69) is 37.2 Å². The fourth-order valence-corrected chi connectivity index (χ4v) is 5.21. The van der Waals surface area contributed by atoms with Gasteiger partial charge in [0.05, 0.1) is 14.5 Å². The molecule has 1 aliphatic rings. The first-order chi connectivity index (χ1) is 11.5. The quantitative estimate of drug-likeness (QED) is 0.691. The molecule has 0 aliphatic heterocycles. The van der Waals surface area contributed by atoms with E-state index in [0.717, 1.165) is 38.6 Å². The molecule has 0 unspecified atom stereocenters. The number of carbonyl (C=O) groups is 2. The van der Waals surface area contributed by atoms with Crippen LogP contribution >= 0.6 is 43.2 Å². The highest BCUT2D eigenvalue weighted by Gasteiger charge is 2.26. The van der Waals surface area contributed by atoms with Gasteiger partial charge in [0.1, 0.15) is 10.8 Å². The van der Waals surface area contributed by atoms with E-state index in [4.69, 9.17) is 10.5 Å². The van der Waals surface area contributed by atoms with Crippen molar-refractivity contribution in [3.63, 3.8) is 0 Å². The van der Waals surface area contributed by atoms with E-state index >= 15 is 0 Å². The van der Waals surface area contributed by atoms with Gasteiger partial charge in [0.15, 0.2) is 6.61 Å². The van der Waals surface area contributed by atoms with Gasteiger partial charge in [-0.3, -0.25) is 9.59 Å². The number of halogens is 2. The second kappa shape index (κ2) is 7.25. The van der Waals surface area contributed by atoms with Gasteiger partial charge in [-0.2, -0.15) is 0 Å². The molecule has 126 valence electrons. The molecule has 8 heteroatoms. The molecular formula is C16H14Br2N2O3S. The van der Waals surface area contributed by atoms with Gasteiger partial charge in [-0.05, 0) is 68.8 Å². The van der Waals surface area contributed by atoms with Gasteiger partial charge in [-0.25, -0.2) is 0 Å². The van der Waals surface area contributed by atoms with E-state index in [1.165, 1.54) is 11.3 Å². The third-order valence-electron chi connectivity index (χ3n) is 3.69. The van der Waals surface area contributed by atoms with E-state index in [0.29, 0.717) is 16.3 Å². The maximum Gasteiger partial charge on any atom is 0.262 e. The molecule has 0 atom stereocenters. The highest BCUT2D eigenvalue weighted by molar-refractivity contribution is 9.11. The molecule has 3 rings (SSSR count). The van der Waals surface area contributed by atoms with Gasteiger partial charge in [-0.15, -0.1) is 11.3 Å². The Labute approximate surface area is 159 Å². The molecule has 0 radical (unpaired) electrons. The Kier molecular flexibility index (Phi) is 5.27. The SMILES string of the molecule is NC(=O)c1c(NC(=O)COc2c(Br)cccc2Br)sc2c1CCC2. The normalized spacial score (nSPS) is 12.8. The standard InChI is InChI=1S/C16H14Br2N2O3S/c17-9-4-2-5-10(18)14(9)23-7-12(21)20-16-13(15(19)22)8-3-1-6-11(8)24-16/h2,4-5H,1,3,6-7H2,(H2,19,22)(H,20,21). The Bertz CT molecular complexity index is 800. The molecular weight excluding hydrogens is 460 g/mol. The van der Waals surface area contributed by atoms with Crippen LogP contribution in [-0.4, -0.2) is 18.4 Å². The molecule has 0 saturated carbocycles. The first kappa shape index (κ1) is 17.4. The van der Waals surface area contributed by atoms with Gasteiger partial charge >= 0.3 is 0 Å². The minimum Gasteiger partial charge on any atom is -0.481 e. The zero-order valence-corrected chi connectivity index (χ0v) is 16.5. The largest absolute Gasteiger partial charge is 0.481 e. The third kappa shape index (κ3) is 3.50. The number of aryl methyl sites for hydroxylation is 1. The number of primary amides is 1. The Hall–Kier alpha value is -1.38. The molecule has 24 heavy (non-hydrogen) atoms. The summed E-state index contributed by atoms with van der Waals surface area (Å²) in [6.07, 6.45) is 2.78. The molecule has 1 aliphatic carbocycles. The van der Waals surface area contributed by atoms with E-state index in [-0.39, 0.29) is 12.5 Å². The summed E-state index contributed by atoms with van der Waals surface area (Å²) in [6.45, 7) is -0.165. The van der Waals surface area contributed by atoms with Crippen LogP contribution in [0.4, 0.5) is 5.00 Å². The van der Waals surface area contributed by atoms with Crippen molar-refractivity contribution in [3.05, 3.63) is 43.1 Å². The van der Waals surface area contributed by atoms with Crippen molar-refractivity contribution in [1.29, 1.82) is 0 Å². The molecule has 3 N–H and O–H groups in total. The lowest BCUT2D eigenvalue weighted by atomic mass is 10.1. The van der Waals surface area contributed by atoms with E-state index < -0.39 is 5.91 Å². The van der Waals surface area contributed by atoms with Crippen LogP contribution in [0, 0.1) is 0 Å². The number of ether oxygens (including phenoxy) is 1. The van der Waals surface area contributed by atoms with Gasteiger partial charge < -0.3 is 15.8 Å². The molecule has 1 aromatic carbocycles. The minimum absolute atomic E-state index is 0.165. The second-order valence-electron chi connectivity index (χ2n) is 5.31. The van der Waals surface area contributed by atoms with Crippen LogP contribution in [-0.2, 0) is 17.6 Å². The van der Waals surface area contributed by atoms with Crippen molar-refractivity contribution < 1.29 is 14.3 Å². The third-order valence-corrected chi connectivity index (χ3v) is 6.14. The highest BCUT2D eigenvalue weighted by Crippen LogP contribution is 2.39. The molecule has 0 bridgehead atoms. The van der Waals surface area contributed by atoms with Crippen molar-refractivity contribution in [2.75, 3.05) is 11.9 Å². The maximum atomic E-state index is 12.2. The number of anilines is 1. The number of benzene rings is 1. The topological polar surface area (TPSA) is 81.4 Å². The van der Waals surface area contributed by atoms with Crippen molar-refractivity contribution in [2.24, 2.45) is 5.73 Å². The second-order valence-corrected chi connectivity index (χ2v) is 8.13. The van der Waals surface area contributed by atoms with Crippen LogP contribution in [0.25, 0.3) is 0 Å². The van der Waals surface area contributed by atoms with Crippen LogP contribution in [0.5, 0.6) is 5.75 Å². The molecule has 0 saturated heterocycles. The Morgan fingerprint density at radius 2 is 1.96 bits per heavy atom. The first-order valence-corrected chi connectivity index (χ1v) is 9.68. The van der Waals surface area contributed by atoms with Crippen LogP contribution in [0.15, 0.2) is 27.1 Å².